The van der Waals surface area contributed by atoms with Gasteiger partial charge < -0.3 is 10.5 Å². The molecule has 0 unspecified atom stereocenters. The maximum absolute atomic E-state index is 11.4. The molecule has 0 heterocycles. The predicted octanol–water partition coefficient (Wildman–Crippen LogP) is 2.49. The van der Waals surface area contributed by atoms with Crippen molar-refractivity contribution in [1.29, 1.82) is 0 Å². The van der Waals surface area contributed by atoms with E-state index >= 15 is 0 Å². The first kappa shape index (κ1) is 10.9. The molecule has 0 atom stereocenters. The molecule has 1 aromatic rings. The smallest absolute Gasteiger partial charge is 0.339 e. The van der Waals surface area contributed by atoms with Crippen molar-refractivity contribution in [3.8, 4) is 0 Å². The number of carbonyl (C=O) groups excluding carboxylic acids is 1. The van der Waals surface area contributed by atoms with E-state index in [0.29, 0.717) is 22.9 Å². The van der Waals surface area contributed by atoms with Crippen molar-refractivity contribution in [2.75, 3.05) is 12.3 Å². The zero-order valence-corrected chi connectivity index (χ0v) is 8.67. The van der Waals surface area contributed by atoms with E-state index in [2.05, 4.69) is 0 Å². The Morgan fingerprint density at radius 3 is 2.93 bits per heavy atom. The summed E-state index contributed by atoms with van der Waals surface area (Å²) in [6.07, 6.45) is 0.783. The number of hydrogen-bond donors (Lipinski definition) is 1. The molecule has 0 bridgehead atoms. The van der Waals surface area contributed by atoms with E-state index in [1.54, 1.807) is 12.1 Å². The van der Waals surface area contributed by atoms with Crippen LogP contribution in [0.2, 0.25) is 5.02 Å². The van der Waals surface area contributed by atoms with Gasteiger partial charge in [0.05, 0.1) is 17.2 Å². The Morgan fingerprint density at radius 1 is 1.57 bits per heavy atom. The van der Waals surface area contributed by atoms with Gasteiger partial charge in [-0.15, -0.1) is 0 Å². The van der Waals surface area contributed by atoms with Gasteiger partial charge >= 0.3 is 5.97 Å². The van der Waals surface area contributed by atoms with Crippen LogP contribution in [0.1, 0.15) is 23.7 Å². The molecule has 0 saturated carbocycles. The Bertz CT molecular complexity index is 339. The number of carbonyl (C=O) groups is 1. The number of hydrogen-bond acceptors (Lipinski definition) is 3. The van der Waals surface area contributed by atoms with Gasteiger partial charge in [0, 0.05) is 5.69 Å². The Balaban J connectivity index is 2.83. The van der Waals surface area contributed by atoms with Gasteiger partial charge in [-0.05, 0) is 24.6 Å². The summed E-state index contributed by atoms with van der Waals surface area (Å²) in [5.41, 5.74) is 6.35. The van der Waals surface area contributed by atoms with E-state index in [1.807, 2.05) is 6.92 Å². The molecule has 0 radical (unpaired) electrons. The van der Waals surface area contributed by atoms with Gasteiger partial charge in [0.25, 0.3) is 0 Å². The second-order valence-corrected chi connectivity index (χ2v) is 3.28. The molecule has 1 aromatic carbocycles. The van der Waals surface area contributed by atoms with Crippen LogP contribution >= 0.6 is 11.6 Å². The summed E-state index contributed by atoms with van der Waals surface area (Å²) in [5.74, 6) is -0.427. The lowest BCUT2D eigenvalue weighted by atomic mass is 10.2. The number of rotatable bonds is 3. The fourth-order valence-corrected chi connectivity index (χ4v) is 1.17. The lowest BCUT2D eigenvalue weighted by Crippen LogP contribution is -2.07. The van der Waals surface area contributed by atoms with Crippen LogP contribution in [-0.4, -0.2) is 12.6 Å². The van der Waals surface area contributed by atoms with Crippen LogP contribution in [-0.2, 0) is 4.74 Å². The summed E-state index contributed by atoms with van der Waals surface area (Å²) >= 11 is 5.81. The standard InChI is InChI=1S/C10H12ClNO2/c1-2-5-14-10(13)8-6-7(12)3-4-9(8)11/h3-4,6H,2,5,12H2,1H3. The summed E-state index contributed by atoms with van der Waals surface area (Å²) in [5, 5.41) is 0.361. The van der Waals surface area contributed by atoms with Gasteiger partial charge in [-0.3, -0.25) is 0 Å². The molecule has 0 aliphatic rings. The predicted molar refractivity (Wildman–Crippen MR) is 56.4 cm³/mol. The van der Waals surface area contributed by atoms with Crippen molar-refractivity contribution in [3.63, 3.8) is 0 Å². The highest BCUT2D eigenvalue weighted by atomic mass is 35.5. The summed E-state index contributed by atoms with van der Waals surface area (Å²) in [4.78, 5) is 11.4. The average molecular weight is 214 g/mol. The first-order valence-electron chi connectivity index (χ1n) is 4.37. The van der Waals surface area contributed by atoms with Crippen molar-refractivity contribution in [2.24, 2.45) is 0 Å². The van der Waals surface area contributed by atoms with Gasteiger partial charge in [-0.2, -0.15) is 0 Å². The molecule has 4 heteroatoms. The van der Waals surface area contributed by atoms with E-state index in [0.717, 1.165) is 6.42 Å². The fourth-order valence-electron chi connectivity index (χ4n) is 0.972. The van der Waals surface area contributed by atoms with Gasteiger partial charge in [0.15, 0.2) is 0 Å². The summed E-state index contributed by atoms with van der Waals surface area (Å²) in [6, 6.07) is 4.73. The molecule has 1 rings (SSSR count). The fraction of sp³-hybridized carbons (Fsp3) is 0.300. The van der Waals surface area contributed by atoms with Crippen LogP contribution < -0.4 is 5.73 Å². The molecule has 0 aliphatic carbocycles. The molecule has 0 aliphatic heterocycles. The van der Waals surface area contributed by atoms with Crippen LogP contribution in [0.3, 0.4) is 0 Å². The quantitative estimate of drug-likeness (QED) is 0.620. The summed E-state index contributed by atoms with van der Waals surface area (Å²) < 4.78 is 4.93. The third kappa shape index (κ3) is 2.64. The Labute approximate surface area is 87.8 Å². The first-order valence-corrected chi connectivity index (χ1v) is 4.75. The van der Waals surface area contributed by atoms with Crippen molar-refractivity contribution in [2.45, 2.75) is 13.3 Å². The van der Waals surface area contributed by atoms with Crippen LogP contribution in [0.25, 0.3) is 0 Å². The normalized spacial score (nSPS) is 9.86. The molecule has 2 N–H and O–H groups in total. The van der Waals surface area contributed by atoms with E-state index in [1.165, 1.54) is 6.07 Å². The van der Waals surface area contributed by atoms with Gasteiger partial charge in [-0.1, -0.05) is 18.5 Å². The Hall–Kier alpha value is -1.22. The lowest BCUT2D eigenvalue weighted by Gasteiger charge is -2.05. The molecule has 0 fully saturated rings. The number of nitrogen functional groups attached to an aromatic ring is 1. The SMILES string of the molecule is CCCOC(=O)c1cc(N)ccc1Cl. The van der Waals surface area contributed by atoms with Gasteiger partial charge in [-0.25, -0.2) is 4.79 Å². The number of esters is 1. The van der Waals surface area contributed by atoms with Crippen LogP contribution in [0, 0.1) is 0 Å². The molecule has 0 aromatic heterocycles. The minimum absolute atomic E-state index is 0.320. The maximum Gasteiger partial charge on any atom is 0.339 e. The number of nitrogens with two attached hydrogens (primary N) is 1. The topological polar surface area (TPSA) is 52.3 Å². The number of benzene rings is 1. The third-order valence-electron chi connectivity index (χ3n) is 1.65. The molecule has 0 spiro atoms. The average Bonchev–Trinajstić information content (AvgIpc) is 2.18. The van der Waals surface area contributed by atoms with Crippen molar-refractivity contribution in [3.05, 3.63) is 28.8 Å². The minimum atomic E-state index is -0.427. The molecule has 14 heavy (non-hydrogen) atoms. The van der Waals surface area contributed by atoms with Gasteiger partial charge in [0.1, 0.15) is 0 Å². The Morgan fingerprint density at radius 2 is 2.29 bits per heavy atom. The highest BCUT2D eigenvalue weighted by Gasteiger charge is 2.11. The maximum atomic E-state index is 11.4. The highest BCUT2D eigenvalue weighted by molar-refractivity contribution is 6.33. The molecule has 0 saturated heterocycles. The number of ether oxygens (including phenoxy) is 1. The number of halogens is 1. The summed E-state index contributed by atoms with van der Waals surface area (Å²) in [7, 11) is 0. The van der Waals surface area contributed by atoms with Crippen molar-refractivity contribution >= 4 is 23.3 Å². The van der Waals surface area contributed by atoms with Crippen LogP contribution in [0.5, 0.6) is 0 Å². The molecule has 3 nitrogen and oxygen atoms in total. The zero-order chi connectivity index (χ0) is 10.6. The van der Waals surface area contributed by atoms with E-state index in [9.17, 15) is 4.79 Å². The second kappa shape index (κ2) is 4.86. The molecule has 0 amide bonds. The van der Waals surface area contributed by atoms with Crippen molar-refractivity contribution in [1.82, 2.24) is 0 Å². The molecule has 76 valence electrons. The zero-order valence-electron chi connectivity index (χ0n) is 7.92. The Kier molecular flexibility index (Phi) is 3.77. The third-order valence-corrected chi connectivity index (χ3v) is 1.98. The van der Waals surface area contributed by atoms with Crippen LogP contribution in [0.15, 0.2) is 18.2 Å². The number of anilines is 1. The summed E-state index contributed by atoms with van der Waals surface area (Å²) in [6.45, 7) is 2.32. The van der Waals surface area contributed by atoms with E-state index in [4.69, 9.17) is 22.1 Å². The monoisotopic (exact) mass is 213 g/mol. The molecular weight excluding hydrogens is 202 g/mol. The highest BCUT2D eigenvalue weighted by Crippen LogP contribution is 2.19. The van der Waals surface area contributed by atoms with E-state index in [-0.39, 0.29) is 0 Å². The molecular formula is C10H12ClNO2. The minimum Gasteiger partial charge on any atom is -0.462 e. The van der Waals surface area contributed by atoms with E-state index < -0.39 is 5.97 Å². The largest absolute Gasteiger partial charge is 0.462 e. The van der Waals surface area contributed by atoms with Crippen molar-refractivity contribution < 1.29 is 9.53 Å². The van der Waals surface area contributed by atoms with Gasteiger partial charge in [0.2, 0.25) is 0 Å². The lowest BCUT2D eigenvalue weighted by molar-refractivity contribution is 0.0505. The van der Waals surface area contributed by atoms with Crippen LogP contribution in [0.4, 0.5) is 5.69 Å². The first-order chi connectivity index (χ1) is 6.65. The second-order valence-electron chi connectivity index (χ2n) is 2.88.